The van der Waals surface area contributed by atoms with Gasteiger partial charge in [0.15, 0.2) is 6.61 Å². The molecule has 0 saturated heterocycles. The van der Waals surface area contributed by atoms with E-state index < -0.39 is 0 Å². The molecule has 0 unspecified atom stereocenters. The van der Waals surface area contributed by atoms with Crippen molar-refractivity contribution in [2.24, 2.45) is 5.92 Å². The molecule has 4 heteroatoms. The highest BCUT2D eigenvalue weighted by Crippen LogP contribution is 2.23. The largest absolute Gasteiger partial charge is 0.484 e. The third-order valence-electron chi connectivity index (χ3n) is 4.23. The van der Waals surface area contributed by atoms with Crippen LogP contribution in [0.1, 0.15) is 43.5 Å². The SMILES string of the molecule is CCc1ccc([C@H](NC(=O)COc2ccc(Cl)cc2C)C(C)C)cc1. The fourth-order valence-electron chi connectivity index (χ4n) is 2.73. The minimum absolute atomic E-state index is 0.0151. The maximum Gasteiger partial charge on any atom is 0.258 e. The molecule has 2 aromatic rings. The summed E-state index contributed by atoms with van der Waals surface area (Å²) in [5.41, 5.74) is 3.32. The Hall–Kier alpha value is -2.00. The molecule has 3 nitrogen and oxygen atoms in total. The average Bonchev–Trinajstić information content (AvgIpc) is 2.59. The summed E-state index contributed by atoms with van der Waals surface area (Å²) in [6, 6.07) is 13.7. The Morgan fingerprint density at radius 3 is 2.40 bits per heavy atom. The number of benzene rings is 2. The Kier molecular flexibility index (Phi) is 6.89. The normalized spacial score (nSPS) is 12.1. The molecule has 25 heavy (non-hydrogen) atoms. The van der Waals surface area contributed by atoms with Gasteiger partial charge < -0.3 is 10.1 Å². The summed E-state index contributed by atoms with van der Waals surface area (Å²) >= 11 is 5.94. The molecule has 0 fully saturated rings. The smallest absolute Gasteiger partial charge is 0.258 e. The Morgan fingerprint density at radius 2 is 1.84 bits per heavy atom. The van der Waals surface area contributed by atoms with Crippen LogP contribution in [-0.2, 0) is 11.2 Å². The molecule has 0 aromatic heterocycles. The van der Waals surface area contributed by atoms with E-state index in [1.807, 2.05) is 13.0 Å². The molecule has 0 aliphatic rings. The van der Waals surface area contributed by atoms with E-state index in [1.54, 1.807) is 12.1 Å². The molecular weight excluding hydrogens is 334 g/mol. The van der Waals surface area contributed by atoms with E-state index in [-0.39, 0.29) is 24.5 Å². The van der Waals surface area contributed by atoms with Crippen LogP contribution in [0.2, 0.25) is 5.02 Å². The first-order valence-electron chi connectivity index (χ1n) is 8.67. The van der Waals surface area contributed by atoms with Gasteiger partial charge in [-0.25, -0.2) is 0 Å². The van der Waals surface area contributed by atoms with E-state index >= 15 is 0 Å². The lowest BCUT2D eigenvalue weighted by molar-refractivity contribution is -0.124. The van der Waals surface area contributed by atoms with Gasteiger partial charge in [0.1, 0.15) is 5.75 Å². The van der Waals surface area contributed by atoms with Gasteiger partial charge in [0.2, 0.25) is 0 Å². The summed E-state index contributed by atoms with van der Waals surface area (Å²) in [5.74, 6) is 0.828. The molecule has 0 radical (unpaired) electrons. The summed E-state index contributed by atoms with van der Waals surface area (Å²) in [7, 11) is 0. The minimum atomic E-state index is -0.132. The van der Waals surface area contributed by atoms with Gasteiger partial charge in [-0.15, -0.1) is 0 Å². The standard InChI is InChI=1S/C21H26ClNO2/c1-5-16-6-8-17(9-7-16)21(14(2)3)23-20(24)13-25-19-11-10-18(22)12-15(19)4/h6-12,14,21H,5,13H2,1-4H3,(H,23,24)/t21-/m1/s1. The van der Waals surface area contributed by atoms with Crippen LogP contribution in [0.3, 0.4) is 0 Å². The summed E-state index contributed by atoms with van der Waals surface area (Å²) < 4.78 is 5.64. The van der Waals surface area contributed by atoms with Crippen molar-refractivity contribution in [3.63, 3.8) is 0 Å². The van der Waals surface area contributed by atoms with Crippen LogP contribution in [0.5, 0.6) is 5.75 Å². The van der Waals surface area contributed by atoms with Gasteiger partial charge in [-0.3, -0.25) is 4.79 Å². The predicted molar refractivity (Wildman–Crippen MR) is 103 cm³/mol. The van der Waals surface area contributed by atoms with Gasteiger partial charge in [0.25, 0.3) is 5.91 Å². The second-order valence-corrected chi connectivity index (χ2v) is 7.02. The zero-order valence-electron chi connectivity index (χ0n) is 15.3. The molecule has 0 aliphatic heterocycles. The van der Waals surface area contributed by atoms with Gasteiger partial charge in [0.05, 0.1) is 6.04 Å². The zero-order valence-corrected chi connectivity index (χ0v) is 16.1. The third-order valence-corrected chi connectivity index (χ3v) is 4.46. The summed E-state index contributed by atoms with van der Waals surface area (Å²) in [5, 5.41) is 3.74. The number of amides is 1. The number of carbonyl (C=O) groups excluding carboxylic acids is 1. The maximum absolute atomic E-state index is 12.3. The van der Waals surface area contributed by atoms with Crippen LogP contribution in [-0.4, -0.2) is 12.5 Å². The predicted octanol–water partition coefficient (Wildman–Crippen LogP) is 5.10. The molecule has 1 N–H and O–H groups in total. The monoisotopic (exact) mass is 359 g/mol. The fraction of sp³-hybridized carbons (Fsp3) is 0.381. The lowest BCUT2D eigenvalue weighted by Crippen LogP contribution is -2.35. The van der Waals surface area contributed by atoms with Gasteiger partial charge >= 0.3 is 0 Å². The number of nitrogens with one attached hydrogen (secondary N) is 1. The highest BCUT2D eigenvalue weighted by atomic mass is 35.5. The molecular formula is C21H26ClNO2. The number of carbonyl (C=O) groups is 1. The quantitative estimate of drug-likeness (QED) is 0.746. The highest BCUT2D eigenvalue weighted by molar-refractivity contribution is 6.30. The summed E-state index contributed by atoms with van der Waals surface area (Å²) in [6.45, 7) is 8.22. The number of ether oxygens (including phenoxy) is 1. The van der Waals surface area contributed by atoms with Crippen LogP contribution in [0.15, 0.2) is 42.5 Å². The van der Waals surface area contributed by atoms with Crippen LogP contribution < -0.4 is 10.1 Å². The van der Waals surface area contributed by atoms with Crippen molar-refractivity contribution in [3.05, 3.63) is 64.2 Å². The van der Waals surface area contributed by atoms with E-state index in [0.717, 1.165) is 17.5 Å². The van der Waals surface area contributed by atoms with Gasteiger partial charge in [-0.05, 0) is 54.2 Å². The first kappa shape index (κ1) is 19.3. The van der Waals surface area contributed by atoms with Gasteiger partial charge in [-0.2, -0.15) is 0 Å². The first-order valence-corrected chi connectivity index (χ1v) is 9.05. The second-order valence-electron chi connectivity index (χ2n) is 6.58. The van der Waals surface area contributed by atoms with E-state index in [0.29, 0.717) is 10.8 Å². The van der Waals surface area contributed by atoms with E-state index in [1.165, 1.54) is 5.56 Å². The van der Waals surface area contributed by atoms with Crippen LogP contribution in [0.4, 0.5) is 0 Å². The number of halogens is 1. The maximum atomic E-state index is 12.3. The average molecular weight is 360 g/mol. The number of hydrogen-bond acceptors (Lipinski definition) is 2. The van der Waals surface area contributed by atoms with E-state index in [4.69, 9.17) is 16.3 Å². The van der Waals surface area contributed by atoms with Crippen molar-refractivity contribution in [3.8, 4) is 5.75 Å². The molecule has 1 atom stereocenters. The molecule has 0 bridgehead atoms. The first-order chi connectivity index (χ1) is 11.9. The lowest BCUT2D eigenvalue weighted by Gasteiger charge is -2.23. The van der Waals surface area contributed by atoms with Crippen LogP contribution in [0, 0.1) is 12.8 Å². The zero-order chi connectivity index (χ0) is 18.4. The molecule has 134 valence electrons. The highest BCUT2D eigenvalue weighted by Gasteiger charge is 2.18. The second kappa shape index (κ2) is 8.91. The van der Waals surface area contributed by atoms with Crippen LogP contribution in [0.25, 0.3) is 0 Å². The Bertz CT molecular complexity index is 710. The van der Waals surface area contributed by atoms with Gasteiger partial charge in [-0.1, -0.05) is 56.6 Å². The molecule has 2 aromatic carbocycles. The topological polar surface area (TPSA) is 38.3 Å². The fourth-order valence-corrected chi connectivity index (χ4v) is 2.96. The van der Waals surface area contributed by atoms with Crippen molar-refractivity contribution in [1.82, 2.24) is 5.32 Å². The molecule has 1 amide bonds. The molecule has 2 rings (SSSR count). The van der Waals surface area contributed by atoms with Crippen molar-refractivity contribution >= 4 is 17.5 Å². The molecule has 0 aliphatic carbocycles. The van der Waals surface area contributed by atoms with Crippen molar-refractivity contribution < 1.29 is 9.53 Å². The number of rotatable bonds is 7. The van der Waals surface area contributed by atoms with Crippen molar-refractivity contribution in [1.29, 1.82) is 0 Å². The summed E-state index contributed by atoms with van der Waals surface area (Å²) in [4.78, 5) is 12.3. The van der Waals surface area contributed by atoms with Crippen molar-refractivity contribution in [2.75, 3.05) is 6.61 Å². The third kappa shape index (κ3) is 5.50. The minimum Gasteiger partial charge on any atom is -0.484 e. The van der Waals surface area contributed by atoms with E-state index in [2.05, 4.69) is 50.4 Å². The Balaban J connectivity index is 1.99. The number of hydrogen-bond donors (Lipinski definition) is 1. The number of aryl methyl sites for hydroxylation is 2. The molecule has 0 saturated carbocycles. The Morgan fingerprint density at radius 1 is 1.16 bits per heavy atom. The van der Waals surface area contributed by atoms with Crippen LogP contribution >= 0.6 is 11.6 Å². The lowest BCUT2D eigenvalue weighted by atomic mass is 9.95. The Labute approximate surface area is 155 Å². The molecule has 0 heterocycles. The molecule has 0 spiro atoms. The summed E-state index contributed by atoms with van der Waals surface area (Å²) in [6.07, 6.45) is 1.01. The van der Waals surface area contributed by atoms with Crippen molar-refractivity contribution in [2.45, 2.75) is 40.2 Å². The van der Waals surface area contributed by atoms with Gasteiger partial charge in [0, 0.05) is 5.02 Å². The van der Waals surface area contributed by atoms with E-state index in [9.17, 15) is 4.79 Å².